The van der Waals surface area contributed by atoms with E-state index in [4.69, 9.17) is 8.53 Å². The van der Waals surface area contributed by atoms with Crippen molar-refractivity contribution < 1.29 is 37.6 Å². The zero-order valence-electron chi connectivity index (χ0n) is 29.8. The van der Waals surface area contributed by atoms with Gasteiger partial charge in [0.15, 0.2) is 0 Å². The van der Waals surface area contributed by atoms with E-state index in [2.05, 4.69) is 76.3 Å². The number of nitriles is 1. The maximum Gasteiger partial charge on any atom is 3.00 e. The first-order chi connectivity index (χ1) is 23.8. The second-order valence-electron chi connectivity index (χ2n) is 12.3. The van der Waals surface area contributed by atoms with Crippen LogP contribution < -0.4 is 4.57 Å². The number of halogens is 1. The normalized spacial score (nSPS) is 12.2. The number of hydrogen-bond donors (Lipinski definition) is 0. The molecule has 0 saturated heterocycles. The van der Waals surface area contributed by atoms with Crippen molar-refractivity contribution in [1.82, 2.24) is 4.98 Å². The number of furan rings is 1. The molecule has 0 unspecified atom stereocenters. The third-order valence-corrected chi connectivity index (χ3v) is 8.08. The molecule has 4 aromatic carbocycles. The summed E-state index contributed by atoms with van der Waals surface area (Å²) in [6.45, 7) is 8.09. The number of benzene rings is 4. The summed E-state index contributed by atoms with van der Waals surface area (Å²) >= 11 is 0. The molecule has 0 N–H and O–H groups in total. The van der Waals surface area contributed by atoms with Crippen LogP contribution in [-0.4, -0.2) is 4.98 Å². The first kappa shape index (κ1) is 30.1. The second-order valence-corrected chi connectivity index (χ2v) is 12.3. The Morgan fingerprint density at radius 1 is 0.958 bits per heavy atom. The molecular weight excluding hydrogens is 774 g/mol. The minimum absolute atomic E-state index is 0. The van der Waals surface area contributed by atoms with Gasteiger partial charge in [0.2, 0.25) is 0 Å². The van der Waals surface area contributed by atoms with Crippen molar-refractivity contribution in [3.63, 3.8) is 0 Å². The Morgan fingerprint density at radius 3 is 2.35 bits per heavy atom. The largest absolute Gasteiger partial charge is 3.00 e. The van der Waals surface area contributed by atoms with Crippen molar-refractivity contribution in [2.75, 3.05) is 0 Å². The van der Waals surface area contributed by atoms with Crippen molar-refractivity contribution >= 4 is 21.9 Å². The number of pyridine rings is 2. The maximum absolute atomic E-state index is 14.5. The number of nitrogens with zero attached hydrogens (tertiary/aromatic N) is 3. The van der Waals surface area contributed by atoms with Crippen LogP contribution in [0.15, 0.2) is 114 Å². The third-order valence-electron chi connectivity index (χ3n) is 8.08. The maximum atomic E-state index is 14.5. The molecule has 4 nitrogen and oxygen atoms in total. The van der Waals surface area contributed by atoms with Gasteiger partial charge in [-0.05, 0) is 41.2 Å². The zero-order chi connectivity index (χ0) is 35.8. The molecule has 0 aliphatic carbocycles. The van der Waals surface area contributed by atoms with Gasteiger partial charge in [-0.15, -0.1) is 35.9 Å². The smallest absolute Gasteiger partial charge is 0.500 e. The van der Waals surface area contributed by atoms with Crippen molar-refractivity contribution in [1.29, 1.82) is 5.26 Å². The van der Waals surface area contributed by atoms with E-state index in [1.165, 1.54) is 5.56 Å². The van der Waals surface area contributed by atoms with E-state index < -0.39 is 18.2 Å². The van der Waals surface area contributed by atoms with E-state index in [9.17, 15) is 9.65 Å². The van der Waals surface area contributed by atoms with Crippen LogP contribution >= 0.6 is 0 Å². The Morgan fingerprint density at radius 2 is 1.69 bits per heavy atom. The second kappa shape index (κ2) is 13.9. The van der Waals surface area contributed by atoms with Gasteiger partial charge in [0.25, 0.3) is 0 Å². The molecule has 0 atom stereocenters. The van der Waals surface area contributed by atoms with E-state index in [1.807, 2.05) is 65.2 Å². The number of fused-ring (bicyclic) bond motifs is 3. The van der Waals surface area contributed by atoms with Gasteiger partial charge in [-0.1, -0.05) is 86.3 Å². The van der Waals surface area contributed by atoms with Gasteiger partial charge in [0, 0.05) is 33.9 Å². The summed E-state index contributed by atoms with van der Waals surface area (Å²) in [7, 11) is 4.10. The van der Waals surface area contributed by atoms with Gasteiger partial charge in [-0.3, -0.25) is 0 Å². The minimum atomic E-state index is -2.59. The monoisotopic (exact) mass is 811 g/mol. The molecule has 0 saturated carbocycles. The van der Waals surface area contributed by atoms with Gasteiger partial charge in [-0.2, -0.15) is 23.8 Å². The van der Waals surface area contributed by atoms with Crippen molar-refractivity contribution in [2.24, 2.45) is 0 Å². The Hall–Kier alpha value is -5.21. The summed E-state index contributed by atoms with van der Waals surface area (Å²) in [5.74, 6) is -0.867. The van der Waals surface area contributed by atoms with E-state index in [0.717, 1.165) is 45.4 Å². The molecule has 3 heterocycles. The predicted molar refractivity (Wildman–Crippen MR) is 187 cm³/mol. The fourth-order valence-corrected chi connectivity index (χ4v) is 5.55. The summed E-state index contributed by atoms with van der Waals surface area (Å²) in [5, 5.41) is 11.2. The molecule has 0 bridgehead atoms. The van der Waals surface area contributed by atoms with Gasteiger partial charge < -0.3 is 14.0 Å². The molecule has 238 valence electrons. The molecule has 48 heavy (non-hydrogen) atoms. The van der Waals surface area contributed by atoms with Gasteiger partial charge in [0.05, 0.1) is 29.1 Å². The first-order valence-electron chi connectivity index (χ1n) is 16.6. The van der Waals surface area contributed by atoms with Crippen LogP contribution in [0.2, 0.25) is 0 Å². The first-order valence-corrected chi connectivity index (χ1v) is 15.1. The summed E-state index contributed by atoms with van der Waals surface area (Å²) in [5.41, 5.74) is 7.80. The van der Waals surface area contributed by atoms with Gasteiger partial charge in [-0.25, -0.2) is 4.39 Å². The molecule has 7 aromatic rings. The fraction of sp³-hybridized carbons (Fsp3) is 0.119. The van der Waals surface area contributed by atoms with Gasteiger partial charge >= 0.3 is 20.1 Å². The Bertz CT molecular complexity index is 2410. The third kappa shape index (κ3) is 6.62. The summed E-state index contributed by atoms with van der Waals surface area (Å²) < 4.78 is 45.0. The number of aryl methyl sites for hydroxylation is 1. The van der Waals surface area contributed by atoms with Crippen LogP contribution in [0, 0.1) is 44.0 Å². The summed E-state index contributed by atoms with van der Waals surface area (Å²) in [6, 6.07) is 35.3. The fourth-order valence-electron chi connectivity index (χ4n) is 5.55. The average molecular weight is 811 g/mol. The average Bonchev–Trinajstić information content (AvgIpc) is 3.47. The predicted octanol–water partition coefficient (Wildman–Crippen LogP) is 10.2. The molecule has 7 rings (SSSR count). The topological polar surface area (TPSA) is 53.7 Å². The molecule has 0 radical (unpaired) electrons. The Labute approximate surface area is 299 Å². The van der Waals surface area contributed by atoms with E-state index >= 15 is 0 Å². The summed E-state index contributed by atoms with van der Waals surface area (Å²) in [4.78, 5) is 4.17. The van der Waals surface area contributed by atoms with Crippen LogP contribution in [0.4, 0.5) is 4.39 Å². The van der Waals surface area contributed by atoms with Crippen molar-refractivity contribution in [3.8, 4) is 39.7 Å². The molecule has 0 amide bonds. The van der Waals surface area contributed by atoms with Gasteiger partial charge in [0.1, 0.15) is 11.4 Å². The van der Waals surface area contributed by atoms with Crippen LogP contribution in [0.3, 0.4) is 0 Å². The van der Waals surface area contributed by atoms with Crippen LogP contribution in [0.5, 0.6) is 0 Å². The SMILES string of the molecule is [2H]C([2H])([2H])c1cnc(-c2[c-]ccc3c2oc2c(-c4ccccc4)c(C#N)ccc23)cc1F.[CH2-]c1ccccc1-c1ccc(C(C)(C)C)c[n+]1[CH2-].[Ir+3]. The molecule has 0 fully saturated rings. The standard InChI is InChI=1S/C25H14FN2O.C17H20N.Ir/c1-15-14-28-22(12-21(15)26)20-9-5-8-18-19-11-10-17(13-27)23(25(19)29-24(18)20)16-6-3-2-4-7-16;1-13-8-6-7-9-15(13)16-11-10-14(12-18(16)5)17(2,3)4;/h2-8,10-12,14H,1H3;6-12H,1,5H2,2-4H3;/q2*-1;+3/i1D3;;. The molecule has 0 spiro atoms. The van der Waals surface area contributed by atoms with E-state index in [0.29, 0.717) is 27.9 Å². The molecule has 0 aliphatic heterocycles. The number of aromatic nitrogens is 2. The van der Waals surface area contributed by atoms with Crippen LogP contribution in [0.25, 0.3) is 55.6 Å². The van der Waals surface area contributed by atoms with E-state index in [-0.39, 0.29) is 31.2 Å². The number of hydrogen-bond acceptors (Lipinski definition) is 3. The molecule has 6 heteroatoms. The molecule has 3 aromatic heterocycles. The quantitative estimate of drug-likeness (QED) is 0.132. The Balaban J connectivity index is 0.000000226. The minimum Gasteiger partial charge on any atom is -0.500 e. The van der Waals surface area contributed by atoms with Crippen molar-refractivity contribution in [3.05, 3.63) is 158 Å². The Kier molecular flexibility index (Phi) is 8.71. The molecule has 0 aliphatic rings. The number of rotatable bonds is 3. The molecular formula is C42H34FIrN3O+. The van der Waals surface area contributed by atoms with Crippen LogP contribution in [-0.2, 0) is 25.5 Å². The van der Waals surface area contributed by atoms with E-state index in [1.54, 1.807) is 12.1 Å². The van der Waals surface area contributed by atoms with Crippen LogP contribution in [0.1, 0.15) is 47.1 Å². The zero-order valence-corrected chi connectivity index (χ0v) is 29.2. The van der Waals surface area contributed by atoms with Crippen molar-refractivity contribution in [2.45, 2.75) is 33.0 Å². The summed E-state index contributed by atoms with van der Waals surface area (Å²) in [6.07, 6.45) is 3.12.